The van der Waals surface area contributed by atoms with E-state index in [4.69, 9.17) is 4.74 Å². The van der Waals surface area contributed by atoms with Gasteiger partial charge in [0.2, 0.25) is 0 Å². The van der Waals surface area contributed by atoms with E-state index in [1.54, 1.807) is 11.7 Å². The molecule has 0 aliphatic heterocycles. The lowest BCUT2D eigenvalue weighted by atomic mass is 10.1. The largest absolute Gasteiger partial charge is 0.497 e. The number of hydrogen-bond acceptors (Lipinski definition) is 2. The summed E-state index contributed by atoms with van der Waals surface area (Å²) in [6.07, 6.45) is 2.88. The molecule has 2 rings (SSSR count). The highest BCUT2D eigenvalue weighted by molar-refractivity contribution is 5.82. The number of methoxy groups -OCH3 is 1. The second-order valence-corrected chi connectivity index (χ2v) is 4.95. The molecule has 0 radical (unpaired) electrons. The maximum absolute atomic E-state index is 12.3. The summed E-state index contributed by atoms with van der Waals surface area (Å²) in [7, 11) is 1.63. The first-order valence-electron chi connectivity index (χ1n) is 6.29. The van der Waals surface area contributed by atoms with Crippen molar-refractivity contribution in [3.8, 4) is 5.75 Å². The molecular weight excluding hydrogens is 226 g/mol. The molecule has 0 spiro atoms. The van der Waals surface area contributed by atoms with Gasteiger partial charge < -0.3 is 9.30 Å². The highest BCUT2D eigenvalue weighted by Gasteiger charge is 2.04. The second kappa shape index (κ2) is 5.25. The third-order valence-electron chi connectivity index (χ3n) is 3.13. The molecule has 1 heterocycles. The van der Waals surface area contributed by atoms with Crippen LogP contribution in [0.25, 0.3) is 10.8 Å². The lowest BCUT2D eigenvalue weighted by Crippen LogP contribution is -2.20. The molecule has 1 aromatic carbocycles. The molecule has 0 aliphatic carbocycles. The molecule has 2 aromatic rings. The summed E-state index contributed by atoms with van der Waals surface area (Å²) >= 11 is 0. The van der Waals surface area contributed by atoms with Gasteiger partial charge in [-0.25, -0.2) is 0 Å². The molecule has 3 heteroatoms. The molecule has 0 atom stereocenters. The van der Waals surface area contributed by atoms with Crippen LogP contribution in [0.3, 0.4) is 0 Å². The van der Waals surface area contributed by atoms with Gasteiger partial charge in [0.1, 0.15) is 5.75 Å². The Kier molecular flexibility index (Phi) is 3.70. The fraction of sp³-hybridized carbons (Fsp3) is 0.400. The first kappa shape index (κ1) is 12.7. The third kappa shape index (κ3) is 2.55. The van der Waals surface area contributed by atoms with E-state index in [1.165, 1.54) is 0 Å². The molecule has 0 fully saturated rings. The molecule has 0 unspecified atom stereocenters. The number of nitrogens with zero attached hydrogens (tertiary/aromatic N) is 1. The van der Waals surface area contributed by atoms with Crippen LogP contribution in [0, 0.1) is 5.92 Å². The lowest BCUT2D eigenvalue weighted by Gasteiger charge is -2.09. The van der Waals surface area contributed by atoms with Gasteiger partial charge in [0, 0.05) is 18.1 Å². The van der Waals surface area contributed by atoms with Crippen molar-refractivity contribution in [1.29, 1.82) is 0 Å². The van der Waals surface area contributed by atoms with Crippen molar-refractivity contribution < 1.29 is 4.74 Å². The molecule has 0 bridgehead atoms. The Bertz CT molecular complexity index is 599. The highest BCUT2D eigenvalue weighted by atomic mass is 16.5. The van der Waals surface area contributed by atoms with Gasteiger partial charge in [-0.15, -0.1) is 0 Å². The highest BCUT2D eigenvalue weighted by Crippen LogP contribution is 2.17. The van der Waals surface area contributed by atoms with Crippen molar-refractivity contribution in [3.05, 3.63) is 40.8 Å². The Labute approximate surface area is 107 Å². The van der Waals surface area contributed by atoms with Crippen LogP contribution in [0.2, 0.25) is 0 Å². The maximum atomic E-state index is 12.3. The number of benzene rings is 1. The maximum Gasteiger partial charge on any atom is 0.258 e. The summed E-state index contributed by atoms with van der Waals surface area (Å²) in [5.74, 6) is 1.38. The van der Waals surface area contributed by atoms with Crippen molar-refractivity contribution in [2.45, 2.75) is 26.8 Å². The van der Waals surface area contributed by atoms with Crippen LogP contribution in [-0.2, 0) is 6.54 Å². The Morgan fingerprint density at radius 3 is 2.72 bits per heavy atom. The quantitative estimate of drug-likeness (QED) is 0.829. The first-order valence-corrected chi connectivity index (χ1v) is 6.29. The SMILES string of the molecule is COc1ccc2c(=O)n(CCC(C)C)ccc2c1. The molecule has 18 heavy (non-hydrogen) atoms. The van der Waals surface area contributed by atoms with E-state index >= 15 is 0 Å². The van der Waals surface area contributed by atoms with Gasteiger partial charge in [-0.05, 0) is 42.0 Å². The number of ether oxygens (including phenoxy) is 1. The van der Waals surface area contributed by atoms with Crippen LogP contribution in [0.4, 0.5) is 0 Å². The lowest BCUT2D eigenvalue weighted by molar-refractivity contribution is 0.415. The zero-order chi connectivity index (χ0) is 13.1. The number of aryl methyl sites for hydroxylation is 1. The topological polar surface area (TPSA) is 31.2 Å². The molecule has 1 aromatic heterocycles. The minimum atomic E-state index is 0.0794. The van der Waals surface area contributed by atoms with Crippen molar-refractivity contribution >= 4 is 10.8 Å². The van der Waals surface area contributed by atoms with E-state index in [0.717, 1.165) is 29.5 Å². The van der Waals surface area contributed by atoms with Crippen LogP contribution in [0.1, 0.15) is 20.3 Å². The minimum absolute atomic E-state index is 0.0794. The van der Waals surface area contributed by atoms with E-state index in [0.29, 0.717) is 5.92 Å². The minimum Gasteiger partial charge on any atom is -0.497 e. The zero-order valence-electron chi connectivity index (χ0n) is 11.1. The van der Waals surface area contributed by atoms with Crippen molar-refractivity contribution in [2.24, 2.45) is 5.92 Å². The molecule has 0 amide bonds. The number of pyridine rings is 1. The van der Waals surface area contributed by atoms with Gasteiger partial charge >= 0.3 is 0 Å². The van der Waals surface area contributed by atoms with Crippen molar-refractivity contribution in [2.75, 3.05) is 7.11 Å². The zero-order valence-corrected chi connectivity index (χ0v) is 11.1. The summed E-state index contributed by atoms with van der Waals surface area (Å²) < 4.78 is 6.95. The Morgan fingerprint density at radius 2 is 2.06 bits per heavy atom. The van der Waals surface area contributed by atoms with E-state index in [-0.39, 0.29) is 5.56 Å². The molecule has 96 valence electrons. The van der Waals surface area contributed by atoms with E-state index in [2.05, 4.69) is 13.8 Å². The molecular formula is C15H19NO2. The van der Waals surface area contributed by atoms with Gasteiger partial charge in [0.15, 0.2) is 0 Å². The van der Waals surface area contributed by atoms with Crippen LogP contribution < -0.4 is 10.3 Å². The van der Waals surface area contributed by atoms with E-state index in [1.807, 2.05) is 30.5 Å². The van der Waals surface area contributed by atoms with Gasteiger partial charge in [-0.3, -0.25) is 4.79 Å². The molecule has 0 saturated heterocycles. The number of aromatic nitrogens is 1. The predicted octanol–water partition coefficient (Wildman–Crippen LogP) is 3.06. The Morgan fingerprint density at radius 1 is 1.28 bits per heavy atom. The average molecular weight is 245 g/mol. The monoisotopic (exact) mass is 245 g/mol. The van der Waals surface area contributed by atoms with Crippen LogP contribution in [0.5, 0.6) is 5.75 Å². The van der Waals surface area contributed by atoms with E-state index in [9.17, 15) is 4.79 Å². The standard InChI is InChI=1S/C15H19NO2/c1-11(2)6-8-16-9-7-12-10-13(18-3)4-5-14(12)15(16)17/h4-5,7,9-11H,6,8H2,1-3H3. The number of rotatable bonds is 4. The fourth-order valence-electron chi connectivity index (χ4n) is 1.97. The van der Waals surface area contributed by atoms with Gasteiger partial charge in [-0.1, -0.05) is 13.8 Å². The summed E-state index contributed by atoms with van der Waals surface area (Å²) in [6, 6.07) is 7.53. The average Bonchev–Trinajstić information content (AvgIpc) is 2.37. The van der Waals surface area contributed by atoms with Crippen LogP contribution >= 0.6 is 0 Å². The Hall–Kier alpha value is -1.77. The summed E-state index contributed by atoms with van der Waals surface area (Å²) in [5.41, 5.74) is 0.0794. The van der Waals surface area contributed by atoms with Crippen LogP contribution in [-0.4, -0.2) is 11.7 Å². The number of fused-ring (bicyclic) bond motifs is 1. The van der Waals surface area contributed by atoms with Gasteiger partial charge in [-0.2, -0.15) is 0 Å². The third-order valence-corrected chi connectivity index (χ3v) is 3.13. The number of hydrogen-bond donors (Lipinski definition) is 0. The molecule has 3 nitrogen and oxygen atoms in total. The van der Waals surface area contributed by atoms with E-state index < -0.39 is 0 Å². The normalized spacial score (nSPS) is 11.1. The molecule has 0 saturated carbocycles. The summed E-state index contributed by atoms with van der Waals surface area (Å²) in [4.78, 5) is 12.3. The predicted molar refractivity (Wildman–Crippen MR) is 74.2 cm³/mol. The summed E-state index contributed by atoms with van der Waals surface area (Å²) in [6.45, 7) is 5.10. The summed E-state index contributed by atoms with van der Waals surface area (Å²) in [5, 5.41) is 1.68. The van der Waals surface area contributed by atoms with Gasteiger partial charge in [0.25, 0.3) is 5.56 Å². The second-order valence-electron chi connectivity index (χ2n) is 4.95. The molecule has 0 aliphatic rings. The van der Waals surface area contributed by atoms with Gasteiger partial charge in [0.05, 0.1) is 7.11 Å². The van der Waals surface area contributed by atoms with Crippen molar-refractivity contribution in [3.63, 3.8) is 0 Å². The fourth-order valence-corrected chi connectivity index (χ4v) is 1.97. The Balaban J connectivity index is 2.42. The first-order chi connectivity index (χ1) is 8.61. The van der Waals surface area contributed by atoms with Crippen molar-refractivity contribution in [1.82, 2.24) is 4.57 Å². The molecule has 0 N–H and O–H groups in total. The van der Waals surface area contributed by atoms with Crippen LogP contribution in [0.15, 0.2) is 35.3 Å². The smallest absolute Gasteiger partial charge is 0.258 e.